The van der Waals surface area contributed by atoms with Gasteiger partial charge in [0.2, 0.25) is 0 Å². The number of thiazole rings is 1. The van der Waals surface area contributed by atoms with Crippen LogP contribution in [0, 0.1) is 5.82 Å². The molecule has 5 heteroatoms. The number of benzene rings is 1. The van der Waals surface area contributed by atoms with Crippen molar-refractivity contribution in [3.8, 4) is 0 Å². The van der Waals surface area contributed by atoms with Crippen LogP contribution in [0.5, 0.6) is 0 Å². The second kappa shape index (κ2) is 4.91. The van der Waals surface area contributed by atoms with Gasteiger partial charge in [-0.05, 0) is 17.7 Å². The Labute approximate surface area is 101 Å². The first-order chi connectivity index (χ1) is 7.66. The van der Waals surface area contributed by atoms with Crippen LogP contribution in [-0.2, 0) is 6.42 Å². The molecule has 0 amide bonds. The van der Waals surface area contributed by atoms with Crippen LogP contribution in [0.3, 0.4) is 0 Å². The van der Waals surface area contributed by atoms with E-state index in [1.165, 1.54) is 23.5 Å². The van der Waals surface area contributed by atoms with E-state index in [4.69, 9.17) is 11.6 Å². The predicted octanol–water partition coefficient (Wildman–Crippen LogP) is 3.21. The van der Waals surface area contributed by atoms with Gasteiger partial charge in [-0.3, -0.25) is 0 Å². The van der Waals surface area contributed by atoms with Gasteiger partial charge in [-0.2, -0.15) is 0 Å². The van der Waals surface area contributed by atoms with Crippen LogP contribution in [0.25, 0.3) is 0 Å². The molecule has 0 radical (unpaired) electrons. The van der Waals surface area contributed by atoms with Crippen molar-refractivity contribution in [2.45, 2.75) is 12.5 Å². The zero-order valence-corrected chi connectivity index (χ0v) is 9.80. The number of aliphatic hydroxyl groups is 1. The normalized spacial score (nSPS) is 12.7. The number of aromatic nitrogens is 1. The van der Waals surface area contributed by atoms with Crippen molar-refractivity contribution in [2.24, 2.45) is 0 Å². The molecule has 0 spiro atoms. The Bertz CT molecular complexity index is 475. The highest BCUT2D eigenvalue weighted by Crippen LogP contribution is 2.23. The Morgan fingerprint density at radius 1 is 1.50 bits per heavy atom. The van der Waals surface area contributed by atoms with Crippen molar-refractivity contribution in [3.05, 3.63) is 51.2 Å². The average Bonchev–Trinajstić information content (AvgIpc) is 2.74. The van der Waals surface area contributed by atoms with E-state index in [1.54, 1.807) is 12.3 Å². The summed E-state index contributed by atoms with van der Waals surface area (Å²) < 4.78 is 13.2. The number of hydrogen-bond acceptors (Lipinski definition) is 3. The maximum atomic E-state index is 13.2. The van der Waals surface area contributed by atoms with Crippen molar-refractivity contribution in [1.82, 2.24) is 4.98 Å². The fraction of sp³-hybridized carbons (Fsp3) is 0.182. The Hall–Kier alpha value is -0.970. The van der Waals surface area contributed by atoms with E-state index in [-0.39, 0.29) is 5.02 Å². The van der Waals surface area contributed by atoms with Crippen molar-refractivity contribution in [3.63, 3.8) is 0 Å². The van der Waals surface area contributed by atoms with Crippen LogP contribution >= 0.6 is 22.9 Å². The molecule has 1 aromatic heterocycles. The van der Waals surface area contributed by atoms with Crippen LogP contribution in [0.15, 0.2) is 29.8 Å². The molecular formula is C11H9ClFNOS. The highest BCUT2D eigenvalue weighted by molar-refractivity contribution is 7.09. The summed E-state index contributed by atoms with van der Waals surface area (Å²) in [4.78, 5) is 4.06. The lowest BCUT2D eigenvalue weighted by atomic mass is 10.1. The van der Waals surface area contributed by atoms with Crippen LogP contribution in [0.4, 0.5) is 4.39 Å². The molecule has 1 aromatic carbocycles. The quantitative estimate of drug-likeness (QED) is 0.916. The van der Waals surface area contributed by atoms with Crippen molar-refractivity contribution < 1.29 is 9.50 Å². The maximum Gasteiger partial charge on any atom is 0.142 e. The van der Waals surface area contributed by atoms with Gasteiger partial charge < -0.3 is 5.11 Å². The number of hydrogen-bond donors (Lipinski definition) is 1. The van der Waals surface area contributed by atoms with E-state index >= 15 is 0 Å². The van der Waals surface area contributed by atoms with Crippen molar-refractivity contribution >= 4 is 22.9 Å². The molecule has 0 saturated heterocycles. The molecule has 0 fully saturated rings. The van der Waals surface area contributed by atoms with Gasteiger partial charge in [-0.1, -0.05) is 17.7 Å². The minimum Gasteiger partial charge on any atom is -0.388 e. The Morgan fingerprint density at radius 2 is 2.31 bits per heavy atom. The van der Waals surface area contributed by atoms with Crippen LogP contribution < -0.4 is 0 Å². The molecule has 2 nitrogen and oxygen atoms in total. The highest BCUT2D eigenvalue weighted by atomic mass is 35.5. The van der Waals surface area contributed by atoms with Gasteiger partial charge in [-0.25, -0.2) is 9.37 Å². The molecule has 1 N–H and O–H groups in total. The number of nitrogens with zero attached hydrogens (tertiary/aromatic N) is 1. The summed E-state index contributed by atoms with van der Waals surface area (Å²) in [5.41, 5.74) is 0.511. The summed E-state index contributed by atoms with van der Waals surface area (Å²) in [6.45, 7) is 0. The highest BCUT2D eigenvalue weighted by Gasteiger charge is 2.12. The van der Waals surface area contributed by atoms with E-state index in [0.29, 0.717) is 12.0 Å². The van der Waals surface area contributed by atoms with E-state index in [0.717, 1.165) is 5.01 Å². The lowest BCUT2D eigenvalue weighted by Gasteiger charge is -2.09. The second-order valence-electron chi connectivity index (χ2n) is 3.32. The Morgan fingerprint density at radius 3 is 2.94 bits per heavy atom. The molecule has 2 aromatic rings. The third-order valence-electron chi connectivity index (χ3n) is 2.18. The van der Waals surface area contributed by atoms with Crippen LogP contribution in [0.1, 0.15) is 16.7 Å². The van der Waals surface area contributed by atoms with Gasteiger partial charge in [0.1, 0.15) is 5.82 Å². The first kappa shape index (κ1) is 11.5. The Balaban J connectivity index is 2.14. The van der Waals surface area contributed by atoms with Gasteiger partial charge in [0, 0.05) is 18.0 Å². The first-order valence-corrected chi connectivity index (χ1v) is 5.94. The standard InChI is InChI=1S/C11H9ClFNOS/c12-8-2-1-7(5-9(8)13)10(15)6-11-14-3-4-16-11/h1-5,10,15H,6H2. The Kier molecular flexibility index (Phi) is 3.53. The van der Waals surface area contributed by atoms with Gasteiger partial charge in [0.05, 0.1) is 16.1 Å². The summed E-state index contributed by atoms with van der Waals surface area (Å²) in [5.74, 6) is -0.516. The van der Waals surface area contributed by atoms with Gasteiger partial charge >= 0.3 is 0 Å². The summed E-state index contributed by atoms with van der Waals surface area (Å²) in [6.07, 6.45) is 1.31. The van der Waals surface area contributed by atoms with Gasteiger partial charge in [0.25, 0.3) is 0 Å². The van der Waals surface area contributed by atoms with Crippen LogP contribution in [0.2, 0.25) is 5.02 Å². The molecule has 0 bridgehead atoms. The summed E-state index contributed by atoms with van der Waals surface area (Å²) in [6, 6.07) is 4.31. The van der Waals surface area contributed by atoms with Gasteiger partial charge in [0.15, 0.2) is 0 Å². The minimum absolute atomic E-state index is 0.0604. The summed E-state index contributed by atoms with van der Waals surface area (Å²) in [5, 5.41) is 12.6. The molecule has 0 saturated carbocycles. The molecular weight excluding hydrogens is 249 g/mol. The first-order valence-electron chi connectivity index (χ1n) is 4.68. The second-order valence-corrected chi connectivity index (χ2v) is 4.71. The summed E-state index contributed by atoms with van der Waals surface area (Å²) >= 11 is 7.02. The summed E-state index contributed by atoms with van der Waals surface area (Å²) in [7, 11) is 0. The topological polar surface area (TPSA) is 33.1 Å². The molecule has 1 heterocycles. The number of aliphatic hydroxyl groups excluding tert-OH is 1. The fourth-order valence-electron chi connectivity index (χ4n) is 1.36. The zero-order chi connectivity index (χ0) is 11.5. The van der Waals surface area contributed by atoms with E-state index < -0.39 is 11.9 Å². The molecule has 2 rings (SSSR count). The number of halogens is 2. The van der Waals surface area contributed by atoms with Crippen LogP contribution in [-0.4, -0.2) is 10.1 Å². The molecule has 1 unspecified atom stereocenters. The van der Waals surface area contributed by atoms with E-state index in [1.807, 2.05) is 5.38 Å². The molecule has 84 valence electrons. The van der Waals surface area contributed by atoms with E-state index in [9.17, 15) is 9.50 Å². The third-order valence-corrected chi connectivity index (χ3v) is 3.29. The smallest absolute Gasteiger partial charge is 0.142 e. The lowest BCUT2D eigenvalue weighted by Crippen LogP contribution is -2.02. The third kappa shape index (κ3) is 2.58. The monoisotopic (exact) mass is 257 g/mol. The average molecular weight is 258 g/mol. The minimum atomic E-state index is -0.752. The van der Waals surface area contributed by atoms with Gasteiger partial charge in [-0.15, -0.1) is 11.3 Å². The fourth-order valence-corrected chi connectivity index (χ4v) is 2.13. The molecule has 0 aliphatic heterocycles. The molecule has 1 atom stereocenters. The molecule has 16 heavy (non-hydrogen) atoms. The molecule has 0 aliphatic carbocycles. The lowest BCUT2D eigenvalue weighted by molar-refractivity contribution is 0.178. The largest absolute Gasteiger partial charge is 0.388 e. The van der Waals surface area contributed by atoms with E-state index in [2.05, 4.69) is 4.98 Å². The van der Waals surface area contributed by atoms with Crippen molar-refractivity contribution in [1.29, 1.82) is 0 Å². The predicted molar refractivity (Wildman–Crippen MR) is 62.2 cm³/mol. The maximum absolute atomic E-state index is 13.2. The number of rotatable bonds is 3. The SMILES string of the molecule is OC(Cc1nccs1)c1ccc(Cl)c(F)c1. The molecule has 0 aliphatic rings. The van der Waals surface area contributed by atoms with Crippen molar-refractivity contribution in [2.75, 3.05) is 0 Å². The zero-order valence-electron chi connectivity index (χ0n) is 8.23.